The van der Waals surface area contributed by atoms with Gasteiger partial charge in [0.1, 0.15) is 12.3 Å². The van der Waals surface area contributed by atoms with Gasteiger partial charge >= 0.3 is 0 Å². The fraction of sp³-hybridized carbons (Fsp3) is 0.167. The number of ether oxygens (including phenoxy) is 1. The molecule has 0 fully saturated rings. The minimum atomic E-state index is -0.279. The normalized spacial score (nSPS) is 10.6. The number of benzene rings is 2. The molecule has 0 aliphatic rings. The van der Waals surface area contributed by atoms with E-state index in [-0.39, 0.29) is 18.0 Å². The Morgan fingerprint density at radius 1 is 1.28 bits per heavy atom. The van der Waals surface area contributed by atoms with Gasteiger partial charge in [-0.3, -0.25) is 14.2 Å². The summed E-state index contributed by atoms with van der Waals surface area (Å²) in [6.07, 6.45) is 1.35. The minimum Gasteiger partial charge on any atom is -0.497 e. The number of fused-ring (bicyclic) bond motifs is 1. The first-order valence-corrected chi connectivity index (χ1v) is 7.99. The smallest absolute Gasteiger partial charge is 0.261 e. The van der Waals surface area contributed by atoms with Crippen LogP contribution in [-0.4, -0.2) is 22.6 Å². The Bertz CT molecular complexity index is 985. The lowest BCUT2D eigenvalue weighted by atomic mass is 10.2. The summed E-state index contributed by atoms with van der Waals surface area (Å²) in [6, 6.07) is 12.3. The average Bonchev–Trinajstić information content (AvgIpc) is 2.62. The van der Waals surface area contributed by atoms with Crippen LogP contribution in [-0.2, 0) is 17.9 Å². The third-order valence-corrected chi connectivity index (χ3v) is 3.96. The van der Waals surface area contributed by atoms with Crippen LogP contribution in [0, 0.1) is 0 Å². The van der Waals surface area contributed by atoms with E-state index < -0.39 is 0 Å². The molecule has 0 unspecified atom stereocenters. The standard InChI is InChI=1S/C18H16ClN3O3/c1-25-14-4-2-3-12(7-14)9-20-17(23)10-22-11-21-16-8-13(19)5-6-15(16)18(22)24/h2-8,11H,9-10H2,1H3,(H,20,23). The number of rotatable bonds is 5. The molecule has 7 heteroatoms. The molecule has 1 heterocycles. The number of aromatic nitrogens is 2. The van der Waals surface area contributed by atoms with E-state index in [0.717, 1.165) is 11.3 Å². The van der Waals surface area contributed by atoms with Gasteiger partial charge in [-0.1, -0.05) is 23.7 Å². The van der Waals surface area contributed by atoms with Gasteiger partial charge in [-0.2, -0.15) is 0 Å². The molecular weight excluding hydrogens is 342 g/mol. The number of hydrogen-bond donors (Lipinski definition) is 1. The van der Waals surface area contributed by atoms with Crippen LogP contribution in [0.3, 0.4) is 0 Å². The highest BCUT2D eigenvalue weighted by Crippen LogP contribution is 2.14. The molecule has 25 heavy (non-hydrogen) atoms. The largest absolute Gasteiger partial charge is 0.497 e. The van der Waals surface area contributed by atoms with Gasteiger partial charge in [0.25, 0.3) is 5.56 Å². The number of halogens is 1. The number of amides is 1. The number of carbonyl (C=O) groups excluding carboxylic acids is 1. The molecule has 0 atom stereocenters. The second-order valence-corrected chi connectivity index (χ2v) is 5.90. The molecule has 3 rings (SSSR count). The van der Waals surface area contributed by atoms with Crippen molar-refractivity contribution in [1.29, 1.82) is 0 Å². The van der Waals surface area contributed by atoms with Gasteiger partial charge in [0.05, 0.1) is 24.3 Å². The first kappa shape index (κ1) is 17.0. The quantitative estimate of drug-likeness (QED) is 0.761. The second kappa shape index (κ2) is 7.36. The molecule has 128 valence electrons. The van der Waals surface area contributed by atoms with E-state index >= 15 is 0 Å². The van der Waals surface area contributed by atoms with Crippen molar-refractivity contribution in [2.45, 2.75) is 13.1 Å². The Balaban J connectivity index is 1.70. The molecule has 1 aromatic heterocycles. The molecule has 0 aliphatic carbocycles. The van der Waals surface area contributed by atoms with Gasteiger partial charge < -0.3 is 10.1 Å². The Kier molecular flexibility index (Phi) is 5.00. The van der Waals surface area contributed by atoms with E-state index in [4.69, 9.17) is 16.3 Å². The summed E-state index contributed by atoms with van der Waals surface area (Å²) < 4.78 is 6.42. The van der Waals surface area contributed by atoms with E-state index in [9.17, 15) is 9.59 Å². The molecule has 0 bridgehead atoms. The second-order valence-electron chi connectivity index (χ2n) is 5.47. The molecule has 1 amide bonds. The number of nitrogens with zero attached hydrogens (tertiary/aromatic N) is 2. The SMILES string of the molecule is COc1cccc(CNC(=O)Cn2cnc3cc(Cl)ccc3c2=O)c1. The fourth-order valence-corrected chi connectivity index (χ4v) is 2.60. The molecule has 3 aromatic rings. The van der Waals surface area contributed by atoms with Crippen molar-refractivity contribution in [3.8, 4) is 5.75 Å². The summed E-state index contributed by atoms with van der Waals surface area (Å²) in [4.78, 5) is 28.7. The Labute approximate surface area is 149 Å². The zero-order valence-electron chi connectivity index (χ0n) is 13.5. The van der Waals surface area contributed by atoms with Gasteiger partial charge in [0.15, 0.2) is 0 Å². The number of hydrogen-bond acceptors (Lipinski definition) is 4. The first-order valence-electron chi connectivity index (χ1n) is 7.61. The molecule has 2 aromatic carbocycles. The average molecular weight is 358 g/mol. The zero-order valence-corrected chi connectivity index (χ0v) is 14.3. The van der Waals surface area contributed by atoms with Crippen LogP contribution < -0.4 is 15.6 Å². The summed E-state index contributed by atoms with van der Waals surface area (Å²) >= 11 is 5.89. The van der Waals surface area contributed by atoms with Crippen molar-refractivity contribution >= 4 is 28.4 Å². The lowest BCUT2D eigenvalue weighted by Crippen LogP contribution is -2.32. The van der Waals surface area contributed by atoms with E-state index in [2.05, 4.69) is 10.3 Å². The molecule has 6 nitrogen and oxygen atoms in total. The van der Waals surface area contributed by atoms with E-state index in [1.165, 1.54) is 10.9 Å². The van der Waals surface area contributed by atoms with Crippen LogP contribution in [0.5, 0.6) is 5.75 Å². The zero-order chi connectivity index (χ0) is 17.8. The number of methoxy groups -OCH3 is 1. The monoisotopic (exact) mass is 357 g/mol. The molecule has 0 radical (unpaired) electrons. The highest BCUT2D eigenvalue weighted by Gasteiger charge is 2.08. The van der Waals surface area contributed by atoms with Gasteiger partial charge in [0.2, 0.25) is 5.91 Å². The summed E-state index contributed by atoms with van der Waals surface area (Å²) in [5, 5.41) is 3.71. The van der Waals surface area contributed by atoms with Crippen LogP contribution in [0.4, 0.5) is 0 Å². The summed E-state index contributed by atoms with van der Waals surface area (Å²) in [6.45, 7) is 0.246. The van der Waals surface area contributed by atoms with Crippen molar-refractivity contribution in [3.05, 3.63) is 69.7 Å². The number of carbonyl (C=O) groups is 1. The van der Waals surface area contributed by atoms with Crippen molar-refractivity contribution in [2.24, 2.45) is 0 Å². The van der Waals surface area contributed by atoms with Gasteiger partial charge in [0, 0.05) is 11.6 Å². The van der Waals surface area contributed by atoms with Crippen molar-refractivity contribution < 1.29 is 9.53 Å². The first-order chi connectivity index (χ1) is 12.1. The third kappa shape index (κ3) is 3.97. The Hall–Kier alpha value is -2.86. The van der Waals surface area contributed by atoms with Crippen LogP contribution in [0.15, 0.2) is 53.6 Å². The molecular formula is C18H16ClN3O3. The van der Waals surface area contributed by atoms with Gasteiger partial charge in [-0.15, -0.1) is 0 Å². The predicted molar refractivity (Wildman–Crippen MR) is 95.9 cm³/mol. The van der Waals surface area contributed by atoms with E-state index in [1.54, 1.807) is 25.3 Å². The summed E-state index contributed by atoms with van der Waals surface area (Å²) in [7, 11) is 1.59. The highest BCUT2D eigenvalue weighted by atomic mass is 35.5. The maximum Gasteiger partial charge on any atom is 0.261 e. The van der Waals surface area contributed by atoms with Crippen LogP contribution >= 0.6 is 11.6 Å². The van der Waals surface area contributed by atoms with Crippen molar-refractivity contribution in [3.63, 3.8) is 0 Å². The summed E-state index contributed by atoms with van der Waals surface area (Å²) in [5.74, 6) is 0.445. The van der Waals surface area contributed by atoms with Gasteiger partial charge in [-0.05, 0) is 35.9 Å². The minimum absolute atomic E-state index is 0.103. The van der Waals surface area contributed by atoms with E-state index in [1.807, 2.05) is 24.3 Å². The van der Waals surface area contributed by atoms with Crippen LogP contribution in [0.2, 0.25) is 5.02 Å². The summed E-state index contributed by atoms with van der Waals surface area (Å²) in [5.41, 5.74) is 1.13. The van der Waals surface area contributed by atoms with Gasteiger partial charge in [-0.25, -0.2) is 4.98 Å². The van der Waals surface area contributed by atoms with Crippen LogP contribution in [0.25, 0.3) is 10.9 Å². The Morgan fingerprint density at radius 3 is 2.92 bits per heavy atom. The maximum absolute atomic E-state index is 12.4. The fourth-order valence-electron chi connectivity index (χ4n) is 2.44. The van der Waals surface area contributed by atoms with E-state index in [0.29, 0.717) is 22.5 Å². The van der Waals surface area contributed by atoms with Crippen molar-refractivity contribution in [1.82, 2.24) is 14.9 Å². The lowest BCUT2D eigenvalue weighted by molar-refractivity contribution is -0.121. The molecule has 0 saturated carbocycles. The Morgan fingerprint density at radius 2 is 2.12 bits per heavy atom. The third-order valence-electron chi connectivity index (χ3n) is 3.73. The molecule has 0 spiro atoms. The molecule has 1 N–H and O–H groups in total. The predicted octanol–water partition coefficient (Wildman–Crippen LogP) is 2.37. The van der Waals surface area contributed by atoms with Crippen molar-refractivity contribution in [2.75, 3.05) is 7.11 Å². The lowest BCUT2D eigenvalue weighted by Gasteiger charge is -2.09. The molecule has 0 saturated heterocycles. The van der Waals surface area contributed by atoms with Crippen LogP contribution in [0.1, 0.15) is 5.56 Å². The maximum atomic E-state index is 12.4. The topological polar surface area (TPSA) is 73.2 Å². The highest BCUT2D eigenvalue weighted by molar-refractivity contribution is 6.31. The number of nitrogens with one attached hydrogen (secondary N) is 1. The molecule has 0 aliphatic heterocycles.